The third-order valence-electron chi connectivity index (χ3n) is 2.69. The molecule has 19 heavy (non-hydrogen) atoms. The van der Waals surface area contributed by atoms with E-state index in [0.29, 0.717) is 6.42 Å². The number of ether oxygens (including phenoxy) is 1. The quantitative estimate of drug-likeness (QED) is 0.467. The monoisotopic (exact) mass is 346 g/mol. The van der Waals surface area contributed by atoms with E-state index in [1.54, 1.807) is 24.9 Å². The number of nitrogens with zero attached hydrogens (tertiary/aromatic N) is 1. The Balaban J connectivity index is 2.21. The molecule has 0 radical (unpaired) electrons. The first kappa shape index (κ1) is 16.5. The maximum absolute atomic E-state index is 11.4. The smallest absolute Gasteiger partial charge is 0.325 e. The summed E-state index contributed by atoms with van der Waals surface area (Å²) < 4.78 is 5.65. The van der Waals surface area contributed by atoms with Crippen LogP contribution in [-0.4, -0.2) is 29.4 Å². The number of pyridine rings is 1. The summed E-state index contributed by atoms with van der Waals surface area (Å²) >= 11 is 5.06. The first-order valence-corrected chi connectivity index (χ1v) is 7.85. The van der Waals surface area contributed by atoms with Gasteiger partial charge in [-0.15, -0.1) is 11.8 Å². The number of unbranched alkanes of at least 4 members (excludes halogenated alkanes) is 1. The van der Waals surface area contributed by atoms with Crippen molar-refractivity contribution in [3.05, 3.63) is 22.8 Å². The molecule has 1 atom stereocenters. The van der Waals surface area contributed by atoms with Crippen molar-refractivity contribution >= 4 is 33.7 Å². The van der Waals surface area contributed by atoms with Crippen LogP contribution in [0.2, 0.25) is 0 Å². The summed E-state index contributed by atoms with van der Waals surface area (Å²) in [6.45, 7) is 1.71. The van der Waals surface area contributed by atoms with Gasteiger partial charge in [-0.25, -0.2) is 4.98 Å². The molecule has 6 heteroatoms. The zero-order valence-corrected chi connectivity index (χ0v) is 13.6. The van der Waals surface area contributed by atoms with Gasteiger partial charge in [0.2, 0.25) is 0 Å². The number of rotatable bonds is 7. The highest BCUT2D eigenvalue weighted by Gasteiger charge is 2.28. The van der Waals surface area contributed by atoms with Crippen LogP contribution in [0, 0.1) is 0 Å². The summed E-state index contributed by atoms with van der Waals surface area (Å²) in [4.78, 5) is 15.7. The molecule has 0 saturated carbocycles. The molecular weight excluding hydrogens is 328 g/mol. The van der Waals surface area contributed by atoms with E-state index >= 15 is 0 Å². The molecule has 0 aliphatic heterocycles. The van der Waals surface area contributed by atoms with Crippen LogP contribution in [0.3, 0.4) is 0 Å². The van der Waals surface area contributed by atoms with Crippen molar-refractivity contribution in [3.63, 3.8) is 0 Å². The van der Waals surface area contributed by atoms with E-state index < -0.39 is 5.54 Å². The molecule has 0 aliphatic rings. The number of carbonyl (C=O) groups is 1. The molecule has 1 aromatic heterocycles. The maximum Gasteiger partial charge on any atom is 0.325 e. The number of aromatic nitrogens is 1. The van der Waals surface area contributed by atoms with Gasteiger partial charge in [-0.2, -0.15) is 0 Å². The van der Waals surface area contributed by atoms with Crippen LogP contribution in [0.25, 0.3) is 0 Å². The Hall–Kier alpha value is -0.590. The van der Waals surface area contributed by atoms with Crippen LogP contribution in [0.15, 0.2) is 27.8 Å². The molecule has 1 unspecified atom stereocenters. The first-order valence-electron chi connectivity index (χ1n) is 6.07. The molecule has 0 aliphatic carbocycles. The third kappa shape index (κ3) is 5.93. The lowest BCUT2D eigenvalue weighted by atomic mass is 9.97. The van der Waals surface area contributed by atoms with Gasteiger partial charge in [0.1, 0.15) is 5.54 Å². The second-order valence-electron chi connectivity index (χ2n) is 4.53. The summed E-state index contributed by atoms with van der Waals surface area (Å²) in [5.41, 5.74) is 5.00. The fourth-order valence-corrected chi connectivity index (χ4v) is 2.64. The Kier molecular flexibility index (Phi) is 6.82. The van der Waals surface area contributed by atoms with E-state index in [-0.39, 0.29) is 5.97 Å². The fraction of sp³-hybridized carbons (Fsp3) is 0.538. The van der Waals surface area contributed by atoms with Gasteiger partial charge in [-0.05, 0) is 53.6 Å². The number of nitrogens with two attached hydrogens (primary N) is 1. The van der Waals surface area contributed by atoms with Crippen molar-refractivity contribution in [2.75, 3.05) is 12.9 Å². The zero-order valence-electron chi connectivity index (χ0n) is 11.2. The Labute approximate surface area is 126 Å². The molecular formula is C13H19BrN2O2S. The van der Waals surface area contributed by atoms with E-state index in [9.17, 15) is 4.79 Å². The van der Waals surface area contributed by atoms with Gasteiger partial charge in [-0.1, -0.05) is 6.42 Å². The largest absolute Gasteiger partial charge is 0.468 e. The van der Waals surface area contributed by atoms with Crippen LogP contribution in [-0.2, 0) is 9.53 Å². The lowest BCUT2D eigenvalue weighted by Gasteiger charge is -2.20. The minimum atomic E-state index is -0.880. The molecule has 0 fully saturated rings. The maximum atomic E-state index is 11.4. The number of hydrogen-bond donors (Lipinski definition) is 1. The summed E-state index contributed by atoms with van der Waals surface area (Å²) in [7, 11) is 1.36. The molecule has 2 N–H and O–H groups in total. The summed E-state index contributed by atoms with van der Waals surface area (Å²) in [5.74, 6) is 0.612. The van der Waals surface area contributed by atoms with Gasteiger partial charge in [0.15, 0.2) is 0 Å². The molecule has 0 amide bonds. The normalized spacial score (nSPS) is 13.9. The van der Waals surface area contributed by atoms with E-state index in [1.165, 1.54) is 7.11 Å². The minimum absolute atomic E-state index is 0.352. The molecule has 4 nitrogen and oxygen atoms in total. The highest BCUT2D eigenvalue weighted by molar-refractivity contribution is 9.10. The van der Waals surface area contributed by atoms with Crippen LogP contribution < -0.4 is 5.73 Å². The lowest BCUT2D eigenvalue weighted by Crippen LogP contribution is -2.45. The molecule has 106 valence electrons. The lowest BCUT2D eigenvalue weighted by molar-refractivity contribution is -0.146. The highest BCUT2D eigenvalue weighted by Crippen LogP contribution is 2.20. The SMILES string of the molecule is COC(=O)C(C)(N)CCCCSc1ccc(Br)cn1. The Morgan fingerprint density at radius 1 is 1.53 bits per heavy atom. The van der Waals surface area contributed by atoms with Crippen molar-refractivity contribution in [3.8, 4) is 0 Å². The van der Waals surface area contributed by atoms with E-state index in [4.69, 9.17) is 5.73 Å². The predicted octanol–water partition coefficient (Wildman–Crippen LogP) is 3.00. The summed E-state index contributed by atoms with van der Waals surface area (Å²) in [6, 6.07) is 3.96. The molecule has 1 rings (SSSR count). The predicted molar refractivity (Wildman–Crippen MR) is 81.1 cm³/mol. The van der Waals surface area contributed by atoms with Crippen molar-refractivity contribution in [2.45, 2.75) is 36.8 Å². The van der Waals surface area contributed by atoms with Gasteiger partial charge in [0.25, 0.3) is 0 Å². The Bertz CT molecular complexity index is 410. The average molecular weight is 347 g/mol. The van der Waals surface area contributed by atoms with Gasteiger partial charge >= 0.3 is 5.97 Å². The number of carbonyl (C=O) groups excluding carboxylic acids is 1. The van der Waals surface area contributed by atoms with Gasteiger partial charge in [-0.3, -0.25) is 4.79 Å². The number of thioether (sulfide) groups is 1. The van der Waals surface area contributed by atoms with Gasteiger partial charge in [0, 0.05) is 10.7 Å². The fourth-order valence-electron chi connectivity index (χ4n) is 1.55. The number of methoxy groups -OCH3 is 1. The minimum Gasteiger partial charge on any atom is -0.468 e. The number of hydrogen-bond acceptors (Lipinski definition) is 5. The van der Waals surface area contributed by atoms with Crippen molar-refractivity contribution in [1.29, 1.82) is 0 Å². The molecule has 0 aromatic carbocycles. The average Bonchev–Trinajstić information content (AvgIpc) is 2.39. The summed E-state index contributed by atoms with van der Waals surface area (Å²) in [5, 5.41) is 1.01. The van der Waals surface area contributed by atoms with Crippen LogP contribution in [0.5, 0.6) is 0 Å². The molecule has 0 bridgehead atoms. The van der Waals surface area contributed by atoms with Crippen LogP contribution in [0.4, 0.5) is 0 Å². The molecule has 0 spiro atoms. The van der Waals surface area contributed by atoms with E-state index in [2.05, 4.69) is 25.7 Å². The highest BCUT2D eigenvalue weighted by atomic mass is 79.9. The molecule has 1 aromatic rings. The molecule has 1 heterocycles. The van der Waals surface area contributed by atoms with E-state index in [0.717, 1.165) is 28.1 Å². The molecule has 0 saturated heterocycles. The topological polar surface area (TPSA) is 65.2 Å². The standard InChI is InChI=1S/C13H19BrN2O2S/c1-13(15,12(17)18-2)7-3-4-8-19-11-6-5-10(14)9-16-11/h5-6,9H,3-4,7-8,15H2,1-2H3. The third-order valence-corrected chi connectivity index (χ3v) is 4.19. The zero-order chi connectivity index (χ0) is 14.3. The van der Waals surface area contributed by atoms with Crippen molar-refractivity contribution < 1.29 is 9.53 Å². The Morgan fingerprint density at radius 2 is 2.26 bits per heavy atom. The van der Waals surface area contributed by atoms with Gasteiger partial charge < -0.3 is 10.5 Å². The number of esters is 1. The second kappa shape index (κ2) is 7.87. The van der Waals surface area contributed by atoms with E-state index in [1.807, 2.05) is 12.1 Å². The Morgan fingerprint density at radius 3 is 2.84 bits per heavy atom. The van der Waals surface area contributed by atoms with Crippen molar-refractivity contribution in [2.24, 2.45) is 5.73 Å². The van der Waals surface area contributed by atoms with Crippen LogP contribution >= 0.6 is 27.7 Å². The van der Waals surface area contributed by atoms with Crippen molar-refractivity contribution in [1.82, 2.24) is 4.98 Å². The summed E-state index contributed by atoms with van der Waals surface area (Å²) in [6.07, 6.45) is 4.31. The first-order chi connectivity index (χ1) is 8.95. The number of halogens is 1. The second-order valence-corrected chi connectivity index (χ2v) is 6.56. The van der Waals surface area contributed by atoms with Crippen LogP contribution in [0.1, 0.15) is 26.2 Å². The van der Waals surface area contributed by atoms with Gasteiger partial charge in [0.05, 0.1) is 12.1 Å².